The van der Waals surface area contributed by atoms with E-state index < -0.39 is 0 Å². The maximum Gasteiger partial charge on any atom is 0.162 e. The smallest absolute Gasteiger partial charge is 0.162 e. The highest BCUT2D eigenvalue weighted by atomic mass is 79.9. The van der Waals surface area contributed by atoms with Gasteiger partial charge in [0.1, 0.15) is 6.10 Å². The Labute approximate surface area is 127 Å². The van der Waals surface area contributed by atoms with Gasteiger partial charge in [-0.15, -0.1) is 0 Å². The lowest BCUT2D eigenvalue weighted by atomic mass is 10.0. The monoisotopic (exact) mass is 335 g/mol. The molecule has 0 fully saturated rings. The summed E-state index contributed by atoms with van der Waals surface area (Å²) in [4.78, 5) is 0. The van der Waals surface area contributed by atoms with Gasteiger partial charge in [-0.2, -0.15) is 0 Å². The Morgan fingerprint density at radius 1 is 1.05 bits per heavy atom. The van der Waals surface area contributed by atoms with Crippen molar-refractivity contribution in [2.45, 2.75) is 19.1 Å². The number of hydrogen-bond donors (Lipinski definition) is 1. The van der Waals surface area contributed by atoms with Gasteiger partial charge in [0.25, 0.3) is 0 Å². The molecule has 0 saturated carbocycles. The highest BCUT2D eigenvalue weighted by molar-refractivity contribution is 9.10. The van der Waals surface area contributed by atoms with Gasteiger partial charge in [0.2, 0.25) is 0 Å². The molecular formula is C16H18BrNO2. The minimum absolute atomic E-state index is 0.144. The molecule has 0 aromatic heterocycles. The van der Waals surface area contributed by atoms with Crippen LogP contribution in [0.25, 0.3) is 0 Å². The lowest BCUT2D eigenvalue weighted by Crippen LogP contribution is -2.29. The fourth-order valence-electron chi connectivity index (χ4n) is 2.02. The number of para-hydroxylation sites is 2. The van der Waals surface area contributed by atoms with E-state index in [1.165, 1.54) is 0 Å². The third-order valence-corrected chi connectivity index (χ3v) is 3.47. The second-order valence-corrected chi connectivity index (χ2v) is 5.52. The zero-order valence-corrected chi connectivity index (χ0v) is 13.1. The average Bonchev–Trinajstić information content (AvgIpc) is 2.44. The maximum atomic E-state index is 6.08. The summed E-state index contributed by atoms with van der Waals surface area (Å²) in [6.45, 7) is 1.93. The van der Waals surface area contributed by atoms with Crippen molar-refractivity contribution in [1.29, 1.82) is 0 Å². The molecule has 20 heavy (non-hydrogen) atoms. The van der Waals surface area contributed by atoms with E-state index in [-0.39, 0.29) is 12.1 Å². The SMILES string of the molecule is COc1ccccc1OC(c1cccc(Br)c1)C(C)N. The molecule has 2 N–H and O–H groups in total. The minimum Gasteiger partial charge on any atom is -0.493 e. The summed E-state index contributed by atoms with van der Waals surface area (Å²) < 4.78 is 12.4. The summed E-state index contributed by atoms with van der Waals surface area (Å²) in [5.74, 6) is 1.39. The van der Waals surface area contributed by atoms with Gasteiger partial charge in [0, 0.05) is 10.5 Å². The number of nitrogens with two attached hydrogens (primary N) is 1. The summed E-state index contributed by atoms with van der Waals surface area (Å²) >= 11 is 3.47. The Bertz CT molecular complexity index is 572. The van der Waals surface area contributed by atoms with Crippen molar-refractivity contribution in [2.75, 3.05) is 7.11 Å². The molecular weight excluding hydrogens is 318 g/mol. The van der Waals surface area contributed by atoms with Crippen LogP contribution in [0.4, 0.5) is 0 Å². The van der Waals surface area contributed by atoms with Crippen LogP contribution >= 0.6 is 15.9 Å². The summed E-state index contributed by atoms with van der Waals surface area (Å²) in [5, 5.41) is 0. The van der Waals surface area contributed by atoms with Gasteiger partial charge in [-0.25, -0.2) is 0 Å². The molecule has 0 aliphatic heterocycles. The van der Waals surface area contributed by atoms with Crippen LogP contribution in [-0.4, -0.2) is 13.2 Å². The number of benzene rings is 2. The second kappa shape index (κ2) is 6.77. The van der Waals surface area contributed by atoms with E-state index in [9.17, 15) is 0 Å². The third-order valence-electron chi connectivity index (χ3n) is 2.98. The number of hydrogen-bond acceptors (Lipinski definition) is 3. The molecule has 0 saturated heterocycles. The van der Waals surface area contributed by atoms with E-state index in [0.29, 0.717) is 11.5 Å². The van der Waals surface area contributed by atoms with Crippen LogP contribution in [0.3, 0.4) is 0 Å². The zero-order chi connectivity index (χ0) is 14.5. The maximum absolute atomic E-state index is 6.08. The van der Waals surface area contributed by atoms with E-state index in [2.05, 4.69) is 15.9 Å². The molecule has 0 aliphatic rings. The predicted molar refractivity (Wildman–Crippen MR) is 84.2 cm³/mol. The number of rotatable bonds is 5. The van der Waals surface area contributed by atoms with Gasteiger partial charge < -0.3 is 15.2 Å². The molecule has 0 aliphatic carbocycles. The molecule has 3 nitrogen and oxygen atoms in total. The van der Waals surface area contributed by atoms with E-state index in [0.717, 1.165) is 10.0 Å². The normalized spacial score (nSPS) is 13.6. The van der Waals surface area contributed by atoms with Crippen molar-refractivity contribution in [3.63, 3.8) is 0 Å². The second-order valence-electron chi connectivity index (χ2n) is 4.60. The summed E-state index contributed by atoms with van der Waals surface area (Å²) in [6.07, 6.45) is -0.233. The molecule has 4 heteroatoms. The van der Waals surface area contributed by atoms with Crippen molar-refractivity contribution in [3.8, 4) is 11.5 Å². The van der Waals surface area contributed by atoms with Crippen LogP contribution in [0, 0.1) is 0 Å². The molecule has 2 atom stereocenters. The fraction of sp³-hybridized carbons (Fsp3) is 0.250. The van der Waals surface area contributed by atoms with E-state index in [4.69, 9.17) is 15.2 Å². The summed E-state index contributed by atoms with van der Waals surface area (Å²) in [5.41, 5.74) is 7.11. The molecule has 106 valence electrons. The molecule has 0 heterocycles. The lowest BCUT2D eigenvalue weighted by molar-refractivity contribution is 0.173. The quantitative estimate of drug-likeness (QED) is 0.900. The van der Waals surface area contributed by atoms with Crippen LogP contribution < -0.4 is 15.2 Å². The Kier molecular flexibility index (Phi) is 5.04. The summed E-state index contributed by atoms with van der Waals surface area (Å²) in [7, 11) is 1.63. The molecule has 2 aromatic rings. The first-order valence-corrected chi connectivity index (χ1v) is 7.22. The lowest BCUT2D eigenvalue weighted by Gasteiger charge is -2.24. The molecule has 0 spiro atoms. The van der Waals surface area contributed by atoms with Crippen molar-refractivity contribution in [1.82, 2.24) is 0 Å². The third kappa shape index (κ3) is 3.52. The van der Waals surface area contributed by atoms with E-state index in [1.54, 1.807) is 7.11 Å². The van der Waals surface area contributed by atoms with Crippen molar-refractivity contribution in [2.24, 2.45) is 5.73 Å². The van der Waals surface area contributed by atoms with E-state index in [1.807, 2.05) is 55.5 Å². The van der Waals surface area contributed by atoms with Crippen molar-refractivity contribution in [3.05, 3.63) is 58.6 Å². The molecule has 2 unspecified atom stereocenters. The Morgan fingerprint density at radius 2 is 1.75 bits per heavy atom. The highest BCUT2D eigenvalue weighted by Gasteiger charge is 2.20. The first-order chi connectivity index (χ1) is 9.61. The first-order valence-electron chi connectivity index (χ1n) is 6.42. The average molecular weight is 336 g/mol. The highest BCUT2D eigenvalue weighted by Crippen LogP contribution is 2.32. The fourth-order valence-corrected chi connectivity index (χ4v) is 2.43. The number of halogens is 1. The molecule has 0 bridgehead atoms. The van der Waals surface area contributed by atoms with Gasteiger partial charge in [0.05, 0.1) is 7.11 Å². The Morgan fingerprint density at radius 3 is 2.35 bits per heavy atom. The van der Waals surface area contributed by atoms with Crippen LogP contribution in [0.2, 0.25) is 0 Å². The number of methoxy groups -OCH3 is 1. The van der Waals surface area contributed by atoms with Crippen molar-refractivity contribution < 1.29 is 9.47 Å². The largest absolute Gasteiger partial charge is 0.493 e. The van der Waals surface area contributed by atoms with Crippen molar-refractivity contribution >= 4 is 15.9 Å². The van der Waals surface area contributed by atoms with E-state index >= 15 is 0 Å². The van der Waals surface area contributed by atoms with Gasteiger partial charge in [-0.3, -0.25) is 0 Å². The summed E-state index contributed by atoms with van der Waals surface area (Å²) in [6, 6.07) is 15.4. The zero-order valence-electron chi connectivity index (χ0n) is 11.5. The topological polar surface area (TPSA) is 44.5 Å². The van der Waals surface area contributed by atoms with Crippen LogP contribution in [0.1, 0.15) is 18.6 Å². The van der Waals surface area contributed by atoms with Gasteiger partial charge in [-0.05, 0) is 36.8 Å². The first kappa shape index (κ1) is 14.9. The minimum atomic E-state index is -0.233. The predicted octanol–water partition coefficient (Wildman–Crippen LogP) is 3.93. The molecule has 0 amide bonds. The van der Waals surface area contributed by atoms with Gasteiger partial charge >= 0.3 is 0 Å². The van der Waals surface area contributed by atoms with Crippen LogP contribution in [0.5, 0.6) is 11.5 Å². The molecule has 2 rings (SSSR count). The van der Waals surface area contributed by atoms with Gasteiger partial charge in [-0.1, -0.05) is 40.2 Å². The molecule has 2 aromatic carbocycles. The number of ether oxygens (including phenoxy) is 2. The van der Waals surface area contributed by atoms with Crippen LogP contribution in [-0.2, 0) is 0 Å². The molecule has 0 radical (unpaired) electrons. The Balaban J connectivity index is 2.31. The Hall–Kier alpha value is -1.52. The van der Waals surface area contributed by atoms with Crippen LogP contribution in [0.15, 0.2) is 53.0 Å². The van der Waals surface area contributed by atoms with Gasteiger partial charge in [0.15, 0.2) is 11.5 Å². The standard InChI is InChI=1S/C16H18BrNO2/c1-11(18)16(12-6-5-7-13(17)10-12)20-15-9-4-3-8-14(15)19-2/h3-11,16H,18H2,1-2H3.